The molecule has 0 rings (SSSR count). The Morgan fingerprint density at radius 1 is 1.31 bits per heavy atom. The molecule has 2 N–H and O–H groups in total. The number of aliphatic hydroxyl groups is 1. The van der Waals surface area contributed by atoms with E-state index in [-0.39, 0.29) is 6.42 Å². The van der Waals surface area contributed by atoms with Gasteiger partial charge in [-0.25, -0.2) is 4.79 Å². The lowest BCUT2D eigenvalue weighted by Crippen LogP contribution is -2.29. The number of rotatable bonds is 7. The van der Waals surface area contributed by atoms with Crippen molar-refractivity contribution in [3.63, 3.8) is 0 Å². The molecular weight excluding hydrogens is 176 g/mol. The molecule has 1 unspecified atom stereocenters. The number of aliphatic hydroxyl groups excluding tert-OH is 1. The van der Waals surface area contributed by atoms with Crippen LogP contribution in [0.5, 0.6) is 0 Å². The van der Waals surface area contributed by atoms with E-state index >= 15 is 0 Å². The summed E-state index contributed by atoms with van der Waals surface area (Å²) in [4.78, 5) is 10.3. The van der Waals surface area contributed by atoms with Crippen molar-refractivity contribution in [3.05, 3.63) is 0 Å². The fourth-order valence-electron chi connectivity index (χ4n) is 0.839. The van der Waals surface area contributed by atoms with Gasteiger partial charge in [-0.2, -0.15) is 0 Å². The predicted molar refractivity (Wildman–Crippen MR) is 45.3 cm³/mol. The summed E-state index contributed by atoms with van der Waals surface area (Å²) in [7, 11) is 0. The summed E-state index contributed by atoms with van der Waals surface area (Å²) < 4.78 is 10.1. The zero-order chi connectivity index (χ0) is 10.3. The van der Waals surface area contributed by atoms with Crippen molar-refractivity contribution in [2.45, 2.75) is 32.7 Å². The van der Waals surface area contributed by atoms with E-state index in [2.05, 4.69) is 0 Å². The van der Waals surface area contributed by atoms with Gasteiger partial charge in [0.1, 0.15) is 0 Å². The maximum atomic E-state index is 10.3. The van der Waals surface area contributed by atoms with Crippen LogP contribution in [0.15, 0.2) is 0 Å². The zero-order valence-electron chi connectivity index (χ0n) is 7.90. The SMILES string of the molecule is CCOC(CC(O)C(=O)O)OCC. The Hall–Kier alpha value is -0.650. The third-order valence-electron chi connectivity index (χ3n) is 1.41. The van der Waals surface area contributed by atoms with Gasteiger partial charge in [-0.05, 0) is 13.8 Å². The van der Waals surface area contributed by atoms with Gasteiger partial charge in [0, 0.05) is 19.6 Å². The minimum absolute atomic E-state index is 0.0446. The molecule has 1 atom stereocenters. The average Bonchev–Trinajstić information content (AvgIpc) is 2.05. The Bertz CT molecular complexity index is 141. The third kappa shape index (κ3) is 5.57. The molecule has 0 spiro atoms. The first-order chi connectivity index (χ1) is 6.11. The summed E-state index contributed by atoms with van der Waals surface area (Å²) in [5.41, 5.74) is 0. The standard InChI is InChI=1S/C8H16O5/c1-3-12-7(13-4-2)5-6(9)8(10)11/h6-7,9H,3-5H2,1-2H3,(H,10,11). The number of hydrogen-bond donors (Lipinski definition) is 2. The summed E-state index contributed by atoms with van der Waals surface area (Å²) in [6.45, 7) is 4.41. The number of carboxylic acid groups (broad SMARTS) is 1. The van der Waals surface area contributed by atoms with Gasteiger partial charge in [0.15, 0.2) is 12.4 Å². The molecule has 0 aromatic heterocycles. The molecule has 0 aromatic carbocycles. The zero-order valence-corrected chi connectivity index (χ0v) is 7.90. The molecule has 0 radical (unpaired) electrons. The highest BCUT2D eigenvalue weighted by Crippen LogP contribution is 2.05. The van der Waals surface area contributed by atoms with Gasteiger partial charge in [0.25, 0.3) is 0 Å². The number of hydrogen-bond acceptors (Lipinski definition) is 4. The molecule has 0 amide bonds. The summed E-state index contributed by atoms with van der Waals surface area (Å²) in [5.74, 6) is -1.26. The van der Waals surface area contributed by atoms with Crippen molar-refractivity contribution >= 4 is 5.97 Å². The lowest BCUT2D eigenvalue weighted by molar-refractivity contribution is -0.168. The van der Waals surface area contributed by atoms with Crippen LogP contribution in [0.4, 0.5) is 0 Å². The number of carboxylic acids is 1. The number of aliphatic carboxylic acids is 1. The van der Waals surface area contributed by atoms with Gasteiger partial charge in [0.05, 0.1) is 0 Å². The Morgan fingerprint density at radius 2 is 1.77 bits per heavy atom. The molecule has 0 aromatic rings. The molecule has 0 aliphatic carbocycles. The number of ether oxygens (including phenoxy) is 2. The maximum absolute atomic E-state index is 10.3. The second kappa shape index (κ2) is 6.82. The summed E-state index contributed by atoms with van der Waals surface area (Å²) in [6.07, 6.45) is -2.11. The molecule has 5 nitrogen and oxygen atoms in total. The third-order valence-corrected chi connectivity index (χ3v) is 1.41. The topological polar surface area (TPSA) is 76.0 Å². The summed E-state index contributed by atoms with van der Waals surface area (Å²) in [5, 5.41) is 17.4. The van der Waals surface area contributed by atoms with Gasteiger partial charge in [-0.15, -0.1) is 0 Å². The molecule has 0 aliphatic rings. The quantitative estimate of drug-likeness (QED) is 0.564. The first-order valence-electron chi connectivity index (χ1n) is 4.25. The van der Waals surface area contributed by atoms with Crippen LogP contribution in [-0.2, 0) is 14.3 Å². The van der Waals surface area contributed by atoms with Crippen molar-refractivity contribution in [1.82, 2.24) is 0 Å². The van der Waals surface area contributed by atoms with Gasteiger partial charge in [0.2, 0.25) is 0 Å². The Morgan fingerprint density at radius 3 is 2.08 bits per heavy atom. The Kier molecular flexibility index (Phi) is 6.48. The normalized spacial score (nSPS) is 13.2. The van der Waals surface area contributed by atoms with Crippen LogP contribution in [-0.4, -0.2) is 41.8 Å². The van der Waals surface area contributed by atoms with Crippen LogP contribution in [0, 0.1) is 0 Å². The lowest BCUT2D eigenvalue weighted by atomic mass is 10.2. The van der Waals surface area contributed by atoms with Crippen molar-refractivity contribution in [2.75, 3.05) is 13.2 Å². The molecule has 0 bridgehead atoms. The predicted octanol–water partition coefficient (Wildman–Crippen LogP) is 0.221. The van der Waals surface area contributed by atoms with Crippen molar-refractivity contribution in [1.29, 1.82) is 0 Å². The van der Waals surface area contributed by atoms with Crippen molar-refractivity contribution < 1.29 is 24.5 Å². The van der Waals surface area contributed by atoms with E-state index in [1.807, 2.05) is 0 Å². The van der Waals surface area contributed by atoms with E-state index in [1.165, 1.54) is 0 Å². The van der Waals surface area contributed by atoms with Crippen LogP contribution >= 0.6 is 0 Å². The smallest absolute Gasteiger partial charge is 0.332 e. The van der Waals surface area contributed by atoms with Crippen LogP contribution in [0.3, 0.4) is 0 Å². The minimum Gasteiger partial charge on any atom is -0.479 e. The fraction of sp³-hybridized carbons (Fsp3) is 0.875. The van der Waals surface area contributed by atoms with Gasteiger partial charge < -0.3 is 19.7 Å². The monoisotopic (exact) mass is 192 g/mol. The summed E-state index contributed by atoms with van der Waals surface area (Å²) in [6, 6.07) is 0. The lowest BCUT2D eigenvalue weighted by Gasteiger charge is -2.17. The van der Waals surface area contributed by atoms with Crippen LogP contribution in [0.2, 0.25) is 0 Å². The van der Waals surface area contributed by atoms with E-state index in [0.29, 0.717) is 13.2 Å². The first kappa shape index (κ1) is 12.3. The van der Waals surface area contributed by atoms with Gasteiger partial charge in [-0.3, -0.25) is 0 Å². The highest BCUT2D eigenvalue weighted by atomic mass is 16.7. The second-order valence-electron chi connectivity index (χ2n) is 2.43. The minimum atomic E-state index is -1.43. The Balaban J connectivity index is 3.85. The molecule has 0 fully saturated rings. The highest BCUT2D eigenvalue weighted by Gasteiger charge is 2.20. The second-order valence-corrected chi connectivity index (χ2v) is 2.43. The average molecular weight is 192 g/mol. The van der Waals surface area contributed by atoms with E-state index in [9.17, 15) is 4.79 Å². The fourth-order valence-corrected chi connectivity index (χ4v) is 0.839. The molecular formula is C8H16O5. The van der Waals surface area contributed by atoms with Crippen molar-refractivity contribution in [2.24, 2.45) is 0 Å². The van der Waals surface area contributed by atoms with Crippen LogP contribution in [0.25, 0.3) is 0 Å². The molecule has 5 heteroatoms. The van der Waals surface area contributed by atoms with E-state index in [4.69, 9.17) is 19.7 Å². The summed E-state index contributed by atoms with van der Waals surface area (Å²) >= 11 is 0. The van der Waals surface area contributed by atoms with E-state index in [0.717, 1.165) is 0 Å². The van der Waals surface area contributed by atoms with Crippen LogP contribution in [0.1, 0.15) is 20.3 Å². The van der Waals surface area contributed by atoms with Gasteiger partial charge in [-0.1, -0.05) is 0 Å². The Labute approximate surface area is 77.3 Å². The molecule has 0 heterocycles. The number of carbonyl (C=O) groups is 1. The molecule has 13 heavy (non-hydrogen) atoms. The molecule has 0 saturated carbocycles. The van der Waals surface area contributed by atoms with E-state index in [1.54, 1.807) is 13.8 Å². The molecule has 78 valence electrons. The van der Waals surface area contributed by atoms with E-state index < -0.39 is 18.4 Å². The largest absolute Gasteiger partial charge is 0.479 e. The van der Waals surface area contributed by atoms with Crippen LogP contribution < -0.4 is 0 Å². The highest BCUT2D eigenvalue weighted by molar-refractivity contribution is 5.71. The first-order valence-corrected chi connectivity index (χ1v) is 4.25. The molecule has 0 aliphatic heterocycles. The maximum Gasteiger partial charge on any atom is 0.332 e. The molecule has 0 saturated heterocycles. The van der Waals surface area contributed by atoms with Crippen molar-refractivity contribution in [3.8, 4) is 0 Å². The van der Waals surface area contributed by atoms with Gasteiger partial charge >= 0.3 is 5.97 Å².